The summed E-state index contributed by atoms with van der Waals surface area (Å²) in [4.78, 5) is 33.3. The van der Waals surface area contributed by atoms with E-state index < -0.39 is 17.2 Å². The number of anilines is 2. The number of aryl methyl sites for hydroxylation is 1. The third kappa shape index (κ3) is 3.53. The molecule has 34 heavy (non-hydrogen) atoms. The predicted octanol–water partition coefficient (Wildman–Crippen LogP) is 3.87. The molecule has 0 amide bonds. The molecular formula is C25H22F2N4O3. The molecule has 4 aromatic rings. The van der Waals surface area contributed by atoms with Crippen LogP contribution >= 0.6 is 0 Å². The fourth-order valence-electron chi connectivity index (χ4n) is 4.65. The number of fused-ring (bicyclic) bond motifs is 3. The molecule has 7 nitrogen and oxygen atoms in total. The van der Waals surface area contributed by atoms with Gasteiger partial charge in [0.25, 0.3) is 0 Å². The molecule has 0 radical (unpaired) electrons. The average Bonchev–Trinajstić information content (AvgIpc) is 2.84. The lowest BCUT2D eigenvalue weighted by Crippen LogP contribution is -2.47. The number of carbonyl (C=O) groups is 1. The summed E-state index contributed by atoms with van der Waals surface area (Å²) in [6.45, 7) is 4.49. The molecule has 174 valence electrons. The zero-order chi connectivity index (χ0) is 24.0. The fourth-order valence-corrected chi connectivity index (χ4v) is 4.65. The third-order valence-electron chi connectivity index (χ3n) is 6.37. The van der Waals surface area contributed by atoms with Gasteiger partial charge in [-0.2, -0.15) is 0 Å². The van der Waals surface area contributed by atoms with Crippen molar-refractivity contribution in [3.8, 4) is 0 Å². The largest absolute Gasteiger partial charge is 0.477 e. The number of pyridine rings is 2. The second-order valence-electron chi connectivity index (χ2n) is 8.22. The number of nitrogens with zero attached hydrogens (tertiary/aromatic N) is 4. The van der Waals surface area contributed by atoms with Gasteiger partial charge in [0, 0.05) is 50.0 Å². The van der Waals surface area contributed by atoms with Crippen LogP contribution in [-0.2, 0) is 6.54 Å². The summed E-state index contributed by atoms with van der Waals surface area (Å²) >= 11 is 0. The summed E-state index contributed by atoms with van der Waals surface area (Å²) in [6.07, 6.45) is 2.82. The van der Waals surface area contributed by atoms with Crippen molar-refractivity contribution in [1.29, 1.82) is 0 Å². The van der Waals surface area contributed by atoms with Gasteiger partial charge >= 0.3 is 5.97 Å². The van der Waals surface area contributed by atoms with Crippen molar-refractivity contribution in [3.63, 3.8) is 0 Å². The summed E-state index contributed by atoms with van der Waals surface area (Å²) in [5, 5.41) is 10.2. The molecule has 2 aromatic heterocycles. The monoisotopic (exact) mass is 464 g/mol. The first-order valence-corrected chi connectivity index (χ1v) is 11.0. The number of rotatable bonds is 4. The van der Waals surface area contributed by atoms with Gasteiger partial charge in [0.2, 0.25) is 5.43 Å². The summed E-state index contributed by atoms with van der Waals surface area (Å²) in [5.74, 6) is -2.06. The van der Waals surface area contributed by atoms with Crippen LogP contribution in [-0.4, -0.2) is 46.8 Å². The minimum atomic E-state index is -1.31. The van der Waals surface area contributed by atoms with E-state index in [0.717, 1.165) is 5.69 Å². The highest BCUT2D eigenvalue weighted by Crippen LogP contribution is 2.33. The van der Waals surface area contributed by atoms with E-state index in [9.17, 15) is 19.1 Å². The molecule has 1 saturated heterocycles. The topological polar surface area (TPSA) is 78.7 Å². The molecule has 1 aliphatic heterocycles. The Morgan fingerprint density at radius 1 is 1.03 bits per heavy atom. The Hall–Kier alpha value is -4.01. The van der Waals surface area contributed by atoms with E-state index in [0.29, 0.717) is 54.8 Å². The molecule has 0 saturated carbocycles. The second-order valence-corrected chi connectivity index (χ2v) is 8.22. The molecule has 5 rings (SSSR count). The minimum Gasteiger partial charge on any atom is -0.477 e. The Morgan fingerprint density at radius 2 is 1.71 bits per heavy atom. The zero-order valence-corrected chi connectivity index (χ0v) is 18.5. The smallest absolute Gasteiger partial charge is 0.341 e. The average molecular weight is 464 g/mol. The maximum Gasteiger partial charge on any atom is 0.341 e. The quantitative estimate of drug-likeness (QED) is 0.462. The van der Waals surface area contributed by atoms with Crippen LogP contribution in [0.5, 0.6) is 0 Å². The molecule has 3 heterocycles. The van der Waals surface area contributed by atoms with Crippen molar-refractivity contribution in [2.75, 3.05) is 36.0 Å². The molecule has 0 spiro atoms. The summed E-state index contributed by atoms with van der Waals surface area (Å²) in [6, 6.07) is 9.05. The van der Waals surface area contributed by atoms with Crippen molar-refractivity contribution >= 4 is 39.1 Å². The molecule has 0 unspecified atom stereocenters. The Labute approximate surface area is 193 Å². The van der Waals surface area contributed by atoms with E-state index in [-0.39, 0.29) is 16.8 Å². The second kappa shape index (κ2) is 8.40. The van der Waals surface area contributed by atoms with Crippen molar-refractivity contribution in [3.05, 3.63) is 76.2 Å². The van der Waals surface area contributed by atoms with E-state index in [1.165, 1.54) is 36.7 Å². The Bertz CT molecular complexity index is 1480. The number of hydrogen-bond donors (Lipinski definition) is 1. The number of halogens is 2. The van der Waals surface area contributed by atoms with Gasteiger partial charge < -0.3 is 19.5 Å². The van der Waals surface area contributed by atoms with Gasteiger partial charge in [-0.1, -0.05) is 0 Å². The molecule has 0 bridgehead atoms. The van der Waals surface area contributed by atoms with Crippen LogP contribution in [0.15, 0.2) is 53.6 Å². The van der Waals surface area contributed by atoms with Crippen LogP contribution in [0.4, 0.5) is 20.2 Å². The van der Waals surface area contributed by atoms with Crippen LogP contribution in [0.3, 0.4) is 0 Å². The Kier molecular flexibility index (Phi) is 5.39. The van der Waals surface area contributed by atoms with Gasteiger partial charge in [-0.25, -0.2) is 13.6 Å². The summed E-state index contributed by atoms with van der Waals surface area (Å²) in [7, 11) is 0. The van der Waals surface area contributed by atoms with Gasteiger partial charge in [-0.05, 0) is 43.3 Å². The lowest BCUT2D eigenvalue weighted by atomic mass is 10.0. The van der Waals surface area contributed by atoms with E-state index in [1.54, 1.807) is 16.7 Å². The van der Waals surface area contributed by atoms with Crippen LogP contribution in [0.1, 0.15) is 17.3 Å². The van der Waals surface area contributed by atoms with Crippen molar-refractivity contribution in [2.45, 2.75) is 13.5 Å². The molecular weight excluding hydrogens is 442 g/mol. The maximum atomic E-state index is 15.1. The highest BCUT2D eigenvalue weighted by atomic mass is 19.1. The van der Waals surface area contributed by atoms with Gasteiger partial charge in [0.1, 0.15) is 17.2 Å². The molecule has 0 atom stereocenters. The van der Waals surface area contributed by atoms with E-state index in [1.807, 2.05) is 11.8 Å². The molecule has 9 heteroatoms. The number of benzene rings is 2. The van der Waals surface area contributed by atoms with Crippen molar-refractivity contribution in [2.24, 2.45) is 0 Å². The molecule has 1 N–H and O–H groups in total. The zero-order valence-electron chi connectivity index (χ0n) is 18.5. The van der Waals surface area contributed by atoms with Crippen LogP contribution in [0, 0.1) is 11.6 Å². The first kappa shape index (κ1) is 21.8. The highest BCUT2D eigenvalue weighted by molar-refractivity contribution is 6.09. The lowest BCUT2D eigenvalue weighted by molar-refractivity contribution is 0.0695. The molecule has 0 aliphatic carbocycles. The van der Waals surface area contributed by atoms with Crippen LogP contribution in [0.2, 0.25) is 0 Å². The molecule has 1 aliphatic rings. The normalized spacial score (nSPS) is 14.2. The summed E-state index contributed by atoms with van der Waals surface area (Å²) in [5.41, 5.74) is 1.07. The molecule has 2 aromatic carbocycles. The van der Waals surface area contributed by atoms with Crippen LogP contribution in [0.25, 0.3) is 21.8 Å². The maximum absolute atomic E-state index is 15.1. The van der Waals surface area contributed by atoms with Gasteiger partial charge in [-0.15, -0.1) is 0 Å². The number of carboxylic acids is 1. The number of piperazine rings is 1. The summed E-state index contributed by atoms with van der Waals surface area (Å²) < 4.78 is 30.0. The van der Waals surface area contributed by atoms with Gasteiger partial charge in [0.15, 0.2) is 0 Å². The Balaban J connectivity index is 1.60. The highest BCUT2D eigenvalue weighted by Gasteiger charge is 2.24. The number of carboxylic acid groups (broad SMARTS) is 1. The van der Waals surface area contributed by atoms with E-state index >= 15 is 4.39 Å². The SMILES string of the molecule is CCn1cc(C(=O)O)c(=O)c2c3ccc(F)c(N4CCN(c5ccc(F)cc5)CC4)c3ncc21. The standard InChI is InChI=1S/C25H22F2N4O3/c1-2-29-14-18(25(33)34)24(32)21-17-7-8-19(27)23(22(17)28-13-20(21)29)31-11-9-30(10-12-31)16-5-3-15(26)4-6-16/h3-8,13-14H,2,9-12H2,1H3,(H,33,34). The Morgan fingerprint density at radius 3 is 2.35 bits per heavy atom. The first-order chi connectivity index (χ1) is 16.4. The van der Waals surface area contributed by atoms with Crippen molar-refractivity contribution in [1.82, 2.24) is 9.55 Å². The van der Waals surface area contributed by atoms with Gasteiger partial charge in [0.05, 0.1) is 28.3 Å². The lowest BCUT2D eigenvalue weighted by Gasteiger charge is -2.37. The minimum absolute atomic E-state index is 0.220. The van der Waals surface area contributed by atoms with Crippen molar-refractivity contribution < 1.29 is 18.7 Å². The van der Waals surface area contributed by atoms with E-state index in [4.69, 9.17) is 0 Å². The number of aromatic carboxylic acids is 1. The number of hydrogen-bond acceptors (Lipinski definition) is 5. The number of aromatic nitrogens is 2. The first-order valence-electron chi connectivity index (χ1n) is 11.0. The fraction of sp³-hybridized carbons (Fsp3) is 0.240. The van der Waals surface area contributed by atoms with E-state index in [2.05, 4.69) is 9.88 Å². The molecule has 1 fully saturated rings. The van der Waals surface area contributed by atoms with Gasteiger partial charge in [-0.3, -0.25) is 9.78 Å². The van der Waals surface area contributed by atoms with Crippen LogP contribution < -0.4 is 15.2 Å². The predicted molar refractivity (Wildman–Crippen MR) is 127 cm³/mol. The third-order valence-corrected chi connectivity index (χ3v) is 6.37.